The quantitative estimate of drug-likeness (QED) is 0.0417. The molecule has 0 N–H and O–H groups in total. The minimum absolute atomic E-state index is 0.0291. The number of unbranched alkanes of at least 4 members (excludes halogenated alkanes) is 18. The maximum Gasteiger partial charge on any atom is 0.247 e. The molecule has 0 amide bonds. The van der Waals surface area contributed by atoms with Crippen LogP contribution in [0.4, 0.5) is 34.1 Å². The van der Waals surface area contributed by atoms with Crippen molar-refractivity contribution in [2.24, 2.45) is 0 Å². The third kappa shape index (κ3) is 12.7. The van der Waals surface area contributed by atoms with E-state index in [2.05, 4.69) is 209 Å². The molecule has 0 saturated carbocycles. The Labute approximate surface area is 512 Å². The van der Waals surface area contributed by atoms with Crippen molar-refractivity contribution in [3.8, 4) is 0 Å². The predicted molar refractivity (Wildman–Crippen MR) is 377 cm³/mol. The number of fused-ring (bicyclic) bond motifs is 6. The zero-order valence-electron chi connectivity index (χ0n) is 54.9. The van der Waals surface area contributed by atoms with Crippen molar-refractivity contribution >= 4 is 103 Å². The molecule has 0 atom stereocenters. The van der Waals surface area contributed by atoms with Gasteiger partial charge in [0.25, 0.3) is 0 Å². The molecule has 6 heteroatoms. The molecule has 0 spiro atoms. The summed E-state index contributed by atoms with van der Waals surface area (Å²) in [7, 11) is 7.07. The molecule has 0 radical (unpaired) electrons. The Morgan fingerprint density at radius 1 is 0.262 bits per heavy atom. The molecule has 7 aromatic carbocycles. The van der Waals surface area contributed by atoms with E-state index in [1.807, 2.05) is 0 Å². The molecular formula is C78H102B3N3. The van der Waals surface area contributed by atoms with Gasteiger partial charge in [0.2, 0.25) is 20.1 Å². The van der Waals surface area contributed by atoms with Gasteiger partial charge in [-0.3, -0.25) is 0 Å². The lowest BCUT2D eigenvalue weighted by atomic mass is 9.30. The third-order valence-electron chi connectivity index (χ3n) is 20.3. The molecule has 84 heavy (non-hydrogen) atoms. The molecule has 0 bridgehead atoms. The molecule has 438 valence electrons. The van der Waals surface area contributed by atoms with E-state index in [9.17, 15) is 0 Å². The molecule has 3 aliphatic heterocycles. The van der Waals surface area contributed by atoms with Crippen LogP contribution < -0.4 is 63.9 Å². The normalized spacial score (nSPS) is 13.3. The minimum atomic E-state index is 0.0291. The van der Waals surface area contributed by atoms with Crippen LogP contribution in [0.2, 0.25) is 0 Å². The lowest BCUT2D eigenvalue weighted by Crippen LogP contribution is -2.64. The Morgan fingerprint density at radius 3 is 0.750 bits per heavy atom. The van der Waals surface area contributed by atoms with Crippen molar-refractivity contribution in [3.05, 3.63) is 158 Å². The van der Waals surface area contributed by atoms with Crippen LogP contribution in [0.25, 0.3) is 0 Å². The lowest BCUT2D eigenvalue weighted by Gasteiger charge is -2.42. The van der Waals surface area contributed by atoms with Crippen molar-refractivity contribution in [1.29, 1.82) is 0 Å². The van der Waals surface area contributed by atoms with Crippen molar-refractivity contribution < 1.29 is 0 Å². The van der Waals surface area contributed by atoms with Crippen molar-refractivity contribution in [2.45, 2.75) is 217 Å². The molecule has 3 nitrogen and oxygen atoms in total. The highest BCUT2D eigenvalue weighted by atomic mass is 15.1. The summed E-state index contributed by atoms with van der Waals surface area (Å²) in [6, 6.07) is 40.2. The second kappa shape index (κ2) is 27.2. The summed E-state index contributed by atoms with van der Waals surface area (Å²) in [5.74, 6) is 0. The topological polar surface area (TPSA) is 9.72 Å². The highest BCUT2D eigenvalue weighted by molar-refractivity contribution is 7.01. The van der Waals surface area contributed by atoms with Gasteiger partial charge in [-0.2, -0.15) is 0 Å². The van der Waals surface area contributed by atoms with Gasteiger partial charge in [0, 0.05) is 55.3 Å². The van der Waals surface area contributed by atoms with Crippen LogP contribution >= 0.6 is 0 Å². The maximum absolute atomic E-state index is 2.66. The Bertz CT molecular complexity index is 3210. The number of rotatable bonds is 25. The molecule has 0 aliphatic carbocycles. The van der Waals surface area contributed by atoms with Crippen LogP contribution in [0.3, 0.4) is 0 Å². The summed E-state index contributed by atoms with van der Waals surface area (Å²) in [6.07, 6.45) is 29.5. The first-order chi connectivity index (χ1) is 40.6. The van der Waals surface area contributed by atoms with Gasteiger partial charge in [-0.25, -0.2) is 0 Å². The number of benzene rings is 7. The van der Waals surface area contributed by atoms with Crippen LogP contribution in [-0.2, 0) is 12.8 Å². The van der Waals surface area contributed by atoms with Gasteiger partial charge < -0.3 is 14.7 Å². The van der Waals surface area contributed by atoms with Crippen molar-refractivity contribution in [3.63, 3.8) is 0 Å². The maximum atomic E-state index is 2.66. The molecule has 0 saturated heterocycles. The zero-order chi connectivity index (χ0) is 59.3. The molecule has 3 aliphatic rings. The third-order valence-corrected chi connectivity index (χ3v) is 20.3. The standard InChI is InChI=1S/C78H102B3N3/c1-15-17-19-21-23-25-27-29-31-33-35-62-37-39-70-64(47-62)79(76-56(6)41-53(3)42-57(76)7)66-51-74-68(49-72(66)82(70)12)81(78-60(10)45-55(5)46-61(78)11)69-50-73-67(52-75(69)84(74)14)80(77-58(8)43-54(4)44-59(77)9)65-48-63(38-40-71(65)83(73)13)36-34-32-30-28-26-24-22-20-18-16-2/h37-52H,15-36H2,1-14H3. The Balaban J connectivity index is 1.07. The van der Waals surface area contributed by atoms with E-state index in [0.29, 0.717) is 0 Å². The largest absolute Gasteiger partial charge is 0.345 e. The van der Waals surface area contributed by atoms with E-state index in [-0.39, 0.29) is 20.1 Å². The highest BCUT2D eigenvalue weighted by Gasteiger charge is 2.44. The molecular weight excluding hydrogens is 1010 g/mol. The summed E-state index contributed by atoms with van der Waals surface area (Å²) in [4.78, 5) is 7.70. The number of anilines is 6. The second-order valence-electron chi connectivity index (χ2n) is 27.0. The molecule has 10 rings (SSSR count). The summed E-state index contributed by atoms with van der Waals surface area (Å²) in [5, 5.41) is 0. The van der Waals surface area contributed by atoms with Crippen molar-refractivity contribution in [1.82, 2.24) is 0 Å². The van der Waals surface area contributed by atoms with Gasteiger partial charge >= 0.3 is 0 Å². The fourth-order valence-electron chi connectivity index (χ4n) is 16.3. The fraction of sp³-hybridized carbons (Fsp3) is 0.462. The molecule has 3 heterocycles. The van der Waals surface area contributed by atoms with Crippen LogP contribution in [0.1, 0.15) is 203 Å². The van der Waals surface area contributed by atoms with E-state index >= 15 is 0 Å². The van der Waals surface area contributed by atoms with Crippen LogP contribution in [0.5, 0.6) is 0 Å². The SMILES string of the molecule is CCCCCCCCCCCCc1ccc2c(c1)B(c1c(C)cc(C)cc1C)c1cc3c(cc1N2C)B(c1c(C)cc(C)cc1C)c1cc2c(cc1N3C)B(c1c(C)cc(C)cc1C)c1cc(CCCCCCCCCCCC)ccc1N2C. The fourth-order valence-corrected chi connectivity index (χ4v) is 16.3. The van der Waals surface area contributed by atoms with E-state index in [1.54, 1.807) is 0 Å². The number of hydrogen-bond donors (Lipinski definition) is 0. The monoisotopic (exact) mass is 1110 g/mol. The van der Waals surface area contributed by atoms with E-state index in [1.165, 1.54) is 273 Å². The molecule has 0 aromatic heterocycles. The van der Waals surface area contributed by atoms with E-state index in [0.717, 1.165) is 12.8 Å². The van der Waals surface area contributed by atoms with Gasteiger partial charge in [0.05, 0.1) is 0 Å². The van der Waals surface area contributed by atoms with Crippen LogP contribution in [-0.4, -0.2) is 41.3 Å². The Morgan fingerprint density at radius 2 is 0.488 bits per heavy atom. The first kappa shape index (κ1) is 61.2. The van der Waals surface area contributed by atoms with Crippen LogP contribution in [0, 0.1) is 62.3 Å². The summed E-state index contributed by atoms with van der Waals surface area (Å²) in [5.41, 5.74) is 36.0. The number of aryl methyl sites for hydroxylation is 11. The smallest absolute Gasteiger partial charge is 0.247 e. The van der Waals surface area contributed by atoms with Gasteiger partial charge in [-0.1, -0.05) is 257 Å². The molecule has 0 unspecified atom stereocenters. The summed E-state index contributed by atoms with van der Waals surface area (Å²) >= 11 is 0. The average Bonchev–Trinajstić information content (AvgIpc) is 0.761. The predicted octanol–water partition coefficient (Wildman–Crippen LogP) is 15.2. The van der Waals surface area contributed by atoms with Gasteiger partial charge in [0.15, 0.2) is 0 Å². The van der Waals surface area contributed by atoms with Crippen LogP contribution in [0.15, 0.2) is 97.1 Å². The van der Waals surface area contributed by atoms with Gasteiger partial charge in [-0.15, -0.1) is 0 Å². The highest BCUT2D eigenvalue weighted by Crippen LogP contribution is 2.37. The first-order valence-electron chi connectivity index (χ1n) is 33.7. The molecule has 7 aromatic rings. The van der Waals surface area contributed by atoms with E-state index < -0.39 is 0 Å². The zero-order valence-corrected chi connectivity index (χ0v) is 54.9. The molecule has 0 fully saturated rings. The summed E-state index contributed by atoms with van der Waals surface area (Å²) < 4.78 is 0. The Hall–Kier alpha value is -5.87. The summed E-state index contributed by atoms with van der Waals surface area (Å²) in [6.45, 7) is 25.9. The number of nitrogens with zero attached hydrogens (tertiary/aromatic N) is 3. The number of hydrogen-bond acceptors (Lipinski definition) is 3. The minimum Gasteiger partial charge on any atom is -0.345 e. The second-order valence-corrected chi connectivity index (χ2v) is 27.0. The first-order valence-corrected chi connectivity index (χ1v) is 33.7. The van der Waals surface area contributed by atoms with E-state index in [4.69, 9.17) is 0 Å². The van der Waals surface area contributed by atoms with Gasteiger partial charge in [-0.05, 0) is 168 Å². The lowest BCUT2D eigenvalue weighted by molar-refractivity contribution is 0.556. The Kier molecular flexibility index (Phi) is 19.9. The van der Waals surface area contributed by atoms with Crippen molar-refractivity contribution in [2.75, 3.05) is 35.8 Å². The van der Waals surface area contributed by atoms with Gasteiger partial charge in [0.1, 0.15) is 0 Å². The average molecular weight is 1110 g/mol.